The first-order valence-electron chi connectivity index (χ1n) is 7.93. The largest absolute Gasteiger partial charge is 0.493 e. The number of hydrogen-bond donors (Lipinski definition) is 1. The molecule has 0 saturated carbocycles. The number of rotatable bonds is 7. The lowest BCUT2D eigenvalue weighted by Gasteiger charge is -2.15. The van der Waals surface area contributed by atoms with Gasteiger partial charge in [0, 0.05) is 12.1 Å². The number of nitrogens with one attached hydrogen (secondary N) is 1. The van der Waals surface area contributed by atoms with Crippen LogP contribution in [0.5, 0.6) is 11.5 Å². The summed E-state index contributed by atoms with van der Waals surface area (Å²) in [6.45, 7) is 4.83. The maximum Gasteiger partial charge on any atom is 0.251 e. The molecule has 0 aliphatic carbocycles. The molecule has 0 bridgehead atoms. The number of carbonyl (C=O) groups is 1. The van der Waals surface area contributed by atoms with Crippen LogP contribution in [0.2, 0.25) is 5.02 Å². The van der Waals surface area contributed by atoms with E-state index in [1.165, 1.54) is 19.2 Å². The Kier molecular flexibility index (Phi) is 6.65. The molecule has 25 heavy (non-hydrogen) atoms. The smallest absolute Gasteiger partial charge is 0.251 e. The van der Waals surface area contributed by atoms with Crippen molar-refractivity contribution in [1.82, 2.24) is 5.32 Å². The second-order valence-corrected chi connectivity index (χ2v) is 6.41. The molecule has 0 fully saturated rings. The fourth-order valence-corrected chi connectivity index (χ4v) is 2.39. The number of hydrogen-bond acceptors (Lipinski definition) is 3. The van der Waals surface area contributed by atoms with Gasteiger partial charge < -0.3 is 14.8 Å². The van der Waals surface area contributed by atoms with Crippen molar-refractivity contribution in [3.63, 3.8) is 0 Å². The monoisotopic (exact) mass is 365 g/mol. The summed E-state index contributed by atoms with van der Waals surface area (Å²) in [4.78, 5) is 12.3. The Morgan fingerprint density at radius 1 is 1.24 bits per heavy atom. The Bertz CT molecular complexity index is 732. The molecule has 4 nitrogen and oxygen atoms in total. The molecule has 0 unspecified atom stereocenters. The second-order valence-electron chi connectivity index (χ2n) is 6.00. The first-order valence-corrected chi connectivity index (χ1v) is 8.31. The molecule has 0 heterocycles. The number of benzene rings is 2. The van der Waals surface area contributed by atoms with E-state index < -0.39 is 0 Å². The summed E-state index contributed by atoms with van der Waals surface area (Å²) in [5.41, 5.74) is 1.16. The molecule has 0 saturated heterocycles. The maximum atomic E-state index is 12.9. The highest BCUT2D eigenvalue weighted by Gasteiger charge is 2.16. The molecule has 2 aromatic carbocycles. The van der Waals surface area contributed by atoms with Crippen molar-refractivity contribution in [3.05, 3.63) is 58.4 Å². The van der Waals surface area contributed by atoms with E-state index in [4.69, 9.17) is 21.1 Å². The van der Waals surface area contributed by atoms with Crippen LogP contribution in [-0.4, -0.2) is 19.6 Å². The highest BCUT2D eigenvalue weighted by Crippen LogP contribution is 2.36. The van der Waals surface area contributed by atoms with Crippen LogP contribution in [0.25, 0.3) is 0 Å². The van der Waals surface area contributed by atoms with Gasteiger partial charge in [0.15, 0.2) is 11.5 Å². The van der Waals surface area contributed by atoms with Gasteiger partial charge in [0.25, 0.3) is 5.91 Å². The number of halogens is 2. The molecule has 2 rings (SSSR count). The summed E-state index contributed by atoms with van der Waals surface area (Å²) in [6, 6.07) is 9.06. The normalized spacial score (nSPS) is 10.6. The molecular weight excluding hydrogens is 345 g/mol. The lowest BCUT2D eigenvalue weighted by Crippen LogP contribution is -2.23. The van der Waals surface area contributed by atoms with Crippen molar-refractivity contribution < 1.29 is 18.7 Å². The van der Waals surface area contributed by atoms with E-state index in [0.29, 0.717) is 34.6 Å². The van der Waals surface area contributed by atoms with Gasteiger partial charge in [-0.25, -0.2) is 4.39 Å². The molecule has 1 amide bonds. The highest BCUT2D eigenvalue weighted by atomic mass is 35.5. The van der Waals surface area contributed by atoms with Gasteiger partial charge in [-0.1, -0.05) is 37.6 Å². The van der Waals surface area contributed by atoms with Crippen LogP contribution >= 0.6 is 11.6 Å². The van der Waals surface area contributed by atoms with Crippen molar-refractivity contribution in [3.8, 4) is 11.5 Å². The molecule has 0 atom stereocenters. The zero-order chi connectivity index (χ0) is 18.4. The third kappa shape index (κ3) is 5.36. The zero-order valence-corrected chi connectivity index (χ0v) is 15.2. The average Bonchev–Trinajstić information content (AvgIpc) is 2.59. The van der Waals surface area contributed by atoms with Gasteiger partial charge in [-0.15, -0.1) is 0 Å². The van der Waals surface area contributed by atoms with Crippen LogP contribution in [0, 0.1) is 11.7 Å². The molecule has 0 spiro atoms. The van der Waals surface area contributed by atoms with E-state index in [-0.39, 0.29) is 18.3 Å². The summed E-state index contributed by atoms with van der Waals surface area (Å²) in [5, 5.41) is 3.08. The Hall–Kier alpha value is -2.27. The first kappa shape index (κ1) is 19.1. The summed E-state index contributed by atoms with van der Waals surface area (Å²) >= 11 is 6.25. The number of carbonyl (C=O) groups excluding carboxylic acids is 1. The third-order valence-electron chi connectivity index (χ3n) is 3.42. The molecule has 0 radical (unpaired) electrons. The third-order valence-corrected chi connectivity index (χ3v) is 3.70. The van der Waals surface area contributed by atoms with Gasteiger partial charge in [0.05, 0.1) is 18.7 Å². The van der Waals surface area contributed by atoms with E-state index >= 15 is 0 Å². The Labute approximate surface area is 151 Å². The SMILES string of the molecule is COc1cc(C(=O)NCc2ccc(F)cc2)cc(Cl)c1OCC(C)C. The van der Waals surface area contributed by atoms with Gasteiger partial charge >= 0.3 is 0 Å². The molecule has 0 aromatic heterocycles. The lowest BCUT2D eigenvalue weighted by molar-refractivity contribution is 0.0950. The molecular formula is C19H21ClFNO3. The molecule has 0 aliphatic rings. The Morgan fingerprint density at radius 2 is 1.92 bits per heavy atom. The fraction of sp³-hybridized carbons (Fsp3) is 0.316. The minimum atomic E-state index is -0.316. The van der Waals surface area contributed by atoms with Crippen LogP contribution in [0.1, 0.15) is 29.8 Å². The van der Waals surface area contributed by atoms with E-state index in [0.717, 1.165) is 5.56 Å². The second kappa shape index (κ2) is 8.72. The number of amides is 1. The predicted molar refractivity (Wildman–Crippen MR) is 95.9 cm³/mol. The predicted octanol–water partition coefficient (Wildman–Crippen LogP) is 4.45. The van der Waals surface area contributed by atoms with Gasteiger partial charge in [0.1, 0.15) is 5.82 Å². The quantitative estimate of drug-likeness (QED) is 0.788. The first-order chi connectivity index (χ1) is 11.9. The summed E-state index contributed by atoms with van der Waals surface area (Å²) in [5.74, 6) is 0.538. The van der Waals surface area contributed by atoms with Gasteiger partial charge in [-0.2, -0.15) is 0 Å². The van der Waals surface area contributed by atoms with Gasteiger partial charge in [0.2, 0.25) is 0 Å². The van der Waals surface area contributed by atoms with E-state index in [1.807, 2.05) is 13.8 Å². The molecule has 0 aliphatic heterocycles. The van der Waals surface area contributed by atoms with Crippen molar-refractivity contribution in [1.29, 1.82) is 0 Å². The minimum absolute atomic E-state index is 0.282. The van der Waals surface area contributed by atoms with Crippen molar-refractivity contribution >= 4 is 17.5 Å². The zero-order valence-electron chi connectivity index (χ0n) is 14.4. The topological polar surface area (TPSA) is 47.6 Å². The number of ether oxygens (including phenoxy) is 2. The van der Waals surface area contributed by atoms with Crippen molar-refractivity contribution in [2.24, 2.45) is 5.92 Å². The van der Waals surface area contributed by atoms with E-state index in [1.54, 1.807) is 24.3 Å². The standard InChI is InChI=1S/C19H21ClFNO3/c1-12(2)11-25-18-16(20)8-14(9-17(18)24-3)19(23)22-10-13-4-6-15(21)7-5-13/h4-9,12H,10-11H2,1-3H3,(H,22,23). The van der Waals surface area contributed by atoms with Crippen molar-refractivity contribution in [2.75, 3.05) is 13.7 Å². The summed E-state index contributed by atoms with van der Waals surface area (Å²) in [6.07, 6.45) is 0. The van der Waals surface area contributed by atoms with Crippen LogP contribution in [-0.2, 0) is 6.54 Å². The molecule has 6 heteroatoms. The van der Waals surface area contributed by atoms with E-state index in [2.05, 4.69) is 5.32 Å². The van der Waals surface area contributed by atoms with Crippen molar-refractivity contribution in [2.45, 2.75) is 20.4 Å². The van der Waals surface area contributed by atoms with Gasteiger partial charge in [-0.3, -0.25) is 4.79 Å². The summed E-state index contributed by atoms with van der Waals surface area (Å²) < 4.78 is 23.9. The average molecular weight is 366 g/mol. The van der Waals surface area contributed by atoms with Crippen LogP contribution in [0.4, 0.5) is 4.39 Å². The van der Waals surface area contributed by atoms with Crippen LogP contribution in [0.3, 0.4) is 0 Å². The number of methoxy groups -OCH3 is 1. The highest BCUT2D eigenvalue weighted by molar-refractivity contribution is 6.32. The fourth-order valence-electron chi connectivity index (χ4n) is 2.13. The Balaban J connectivity index is 2.11. The minimum Gasteiger partial charge on any atom is -0.493 e. The molecule has 2 aromatic rings. The van der Waals surface area contributed by atoms with E-state index in [9.17, 15) is 9.18 Å². The lowest BCUT2D eigenvalue weighted by atomic mass is 10.1. The molecule has 1 N–H and O–H groups in total. The maximum absolute atomic E-state index is 12.9. The Morgan fingerprint density at radius 3 is 2.52 bits per heavy atom. The molecule has 134 valence electrons. The van der Waals surface area contributed by atoms with Crippen LogP contribution < -0.4 is 14.8 Å². The van der Waals surface area contributed by atoms with Gasteiger partial charge in [-0.05, 0) is 35.7 Å². The van der Waals surface area contributed by atoms with Crippen LogP contribution in [0.15, 0.2) is 36.4 Å². The summed E-state index contributed by atoms with van der Waals surface area (Å²) in [7, 11) is 1.49.